The SMILES string of the molecule is COCCOCCl.COCCOCOc1ccccc1C=O.O=Cc1ccccc1O.[CH2-]C.[CH2-]CC.[CH2-]CC.[Ni+3]. The third kappa shape index (κ3) is 36.0. The second kappa shape index (κ2) is 44.0. The molecule has 0 heterocycles. The molecule has 233 valence electrons. The van der Waals surface area contributed by atoms with Gasteiger partial charge in [-0.25, -0.2) is 0 Å². The number of aldehydes is 2. The second-order valence-corrected chi connectivity index (χ2v) is 6.72. The summed E-state index contributed by atoms with van der Waals surface area (Å²) in [5.41, 5.74) is 0.852. The summed E-state index contributed by atoms with van der Waals surface area (Å²) in [7, 11) is 3.23. The third-order valence-corrected chi connectivity index (χ3v) is 3.50. The van der Waals surface area contributed by atoms with Gasteiger partial charge >= 0.3 is 16.5 Å². The fourth-order valence-corrected chi connectivity index (χ4v) is 1.91. The summed E-state index contributed by atoms with van der Waals surface area (Å²) in [4.78, 5) is 20.7. The van der Waals surface area contributed by atoms with Crippen LogP contribution in [0.15, 0.2) is 48.5 Å². The van der Waals surface area contributed by atoms with Crippen LogP contribution in [-0.4, -0.2) is 71.2 Å². The predicted octanol–water partition coefficient (Wildman–Crippen LogP) is 6.85. The number of hydrogen-bond donors (Lipinski definition) is 1. The number of methoxy groups -OCH3 is 2. The van der Waals surface area contributed by atoms with E-state index in [4.69, 9.17) is 35.7 Å². The Morgan fingerprint density at radius 1 is 0.775 bits per heavy atom. The van der Waals surface area contributed by atoms with E-state index in [0.717, 1.165) is 19.1 Å². The molecule has 0 unspecified atom stereocenters. The minimum atomic E-state index is 0. The average molecular weight is 631 g/mol. The third-order valence-electron chi connectivity index (χ3n) is 3.35. The molecule has 8 nitrogen and oxygen atoms in total. The smallest absolute Gasteiger partial charge is 0.507 e. The van der Waals surface area contributed by atoms with E-state index >= 15 is 0 Å². The van der Waals surface area contributed by atoms with E-state index in [-0.39, 0.29) is 35.1 Å². The normalized spacial score (nSPS) is 8.43. The van der Waals surface area contributed by atoms with Crippen molar-refractivity contribution < 1.29 is 54.9 Å². The number of benzene rings is 2. The van der Waals surface area contributed by atoms with Crippen LogP contribution in [0.4, 0.5) is 0 Å². The zero-order valence-electron chi connectivity index (χ0n) is 24.6. The molecule has 0 aliphatic carbocycles. The van der Waals surface area contributed by atoms with Crippen molar-refractivity contribution in [3.8, 4) is 11.5 Å². The molecule has 0 atom stereocenters. The summed E-state index contributed by atoms with van der Waals surface area (Å²) in [6, 6.07) is 13.7. The summed E-state index contributed by atoms with van der Waals surface area (Å²) in [6.45, 7) is 18.3. The minimum Gasteiger partial charge on any atom is -0.507 e. The summed E-state index contributed by atoms with van der Waals surface area (Å²) in [6.07, 6.45) is 3.37. The van der Waals surface area contributed by atoms with Gasteiger partial charge in [0.05, 0.1) is 37.6 Å². The maximum atomic E-state index is 10.6. The summed E-state index contributed by atoms with van der Waals surface area (Å²) >= 11 is 5.16. The van der Waals surface area contributed by atoms with Crippen LogP contribution < -0.4 is 4.74 Å². The molecular formula is C30H48ClNiO8. The molecular weight excluding hydrogens is 582 g/mol. The molecule has 1 N–H and O–H groups in total. The first-order valence-corrected chi connectivity index (χ1v) is 12.9. The maximum Gasteiger partial charge on any atom is 3.00 e. The molecule has 1 radical (unpaired) electrons. The van der Waals surface area contributed by atoms with Crippen molar-refractivity contribution in [1.82, 2.24) is 0 Å². The first kappa shape index (κ1) is 47.8. The molecule has 0 aliphatic heterocycles. The Hall–Kier alpha value is -2.00. The Labute approximate surface area is 257 Å². The molecule has 2 aromatic carbocycles. The van der Waals surface area contributed by atoms with Crippen molar-refractivity contribution >= 4 is 24.2 Å². The number of alkyl halides is 1. The van der Waals surface area contributed by atoms with Crippen LogP contribution in [0.5, 0.6) is 11.5 Å². The number of para-hydroxylation sites is 2. The average Bonchev–Trinajstić information content (AvgIpc) is 2.96. The van der Waals surface area contributed by atoms with Gasteiger partial charge in [0.25, 0.3) is 0 Å². The van der Waals surface area contributed by atoms with Gasteiger partial charge in [0.2, 0.25) is 0 Å². The molecule has 0 saturated heterocycles. The zero-order valence-corrected chi connectivity index (χ0v) is 26.3. The van der Waals surface area contributed by atoms with Crippen LogP contribution in [0, 0.1) is 20.8 Å². The van der Waals surface area contributed by atoms with Gasteiger partial charge in [0.15, 0.2) is 19.4 Å². The molecule has 2 aromatic rings. The van der Waals surface area contributed by atoms with Gasteiger partial charge < -0.3 is 49.6 Å². The number of phenols is 1. The van der Waals surface area contributed by atoms with Gasteiger partial charge in [-0.2, -0.15) is 19.8 Å². The Morgan fingerprint density at radius 3 is 1.60 bits per heavy atom. The molecule has 0 spiro atoms. The fourth-order valence-electron chi connectivity index (χ4n) is 1.80. The van der Waals surface area contributed by atoms with E-state index in [9.17, 15) is 9.59 Å². The molecule has 0 aromatic heterocycles. The standard InChI is InChI=1S/C11H14O4.C7H6O2.C4H9ClO2.2C3H7.C2H5.Ni/c1-13-6-7-14-9-15-11-5-3-2-4-10(11)8-12;8-5-6-3-1-2-4-7(6)9;1-6-2-3-7-4-5;2*1-3-2;1-2;/h2-5,8H,6-7,9H2,1H3;1-5,9H;2-4H2,1H3;2*1,3H2,2H3;1H2,2H3;/q;;;3*-1;+3. The summed E-state index contributed by atoms with van der Waals surface area (Å²) < 4.78 is 24.6. The van der Waals surface area contributed by atoms with Crippen LogP contribution in [0.1, 0.15) is 54.3 Å². The molecule has 0 fully saturated rings. The first-order valence-electron chi connectivity index (χ1n) is 12.4. The monoisotopic (exact) mass is 629 g/mol. The molecule has 0 amide bonds. The van der Waals surface area contributed by atoms with Gasteiger partial charge in [0.1, 0.15) is 17.6 Å². The summed E-state index contributed by atoms with van der Waals surface area (Å²) in [5, 5.41) is 8.88. The summed E-state index contributed by atoms with van der Waals surface area (Å²) in [5.74, 6) is 0.567. The number of hydrogen-bond acceptors (Lipinski definition) is 8. The van der Waals surface area contributed by atoms with E-state index in [0.29, 0.717) is 49.6 Å². The number of ether oxygens (including phenoxy) is 5. The van der Waals surface area contributed by atoms with E-state index < -0.39 is 0 Å². The molecule has 2 rings (SSSR count). The van der Waals surface area contributed by atoms with E-state index in [1.54, 1.807) is 63.6 Å². The number of phenolic OH excluding ortho intramolecular Hbond substituents is 1. The van der Waals surface area contributed by atoms with Crippen LogP contribution in [0.25, 0.3) is 0 Å². The van der Waals surface area contributed by atoms with Crippen LogP contribution in [0.3, 0.4) is 0 Å². The van der Waals surface area contributed by atoms with Crippen molar-refractivity contribution in [2.24, 2.45) is 0 Å². The molecule has 0 aliphatic rings. The van der Waals surface area contributed by atoms with Gasteiger partial charge in [-0.05, 0) is 24.3 Å². The van der Waals surface area contributed by atoms with Crippen molar-refractivity contribution in [1.29, 1.82) is 0 Å². The molecule has 0 saturated carbocycles. The number of carbonyl (C=O) groups excluding carboxylic acids is 2. The largest absolute Gasteiger partial charge is 3.00 e. The fraction of sp³-hybridized carbons (Fsp3) is 0.433. The Balaban J connectivity index is -0.000000141. The molecule has 0 bridgehead atoms. The number of carbonyl (C=O) groups is 2. The minimum absolute atomic E-state index is 0. The van der Waals surface area contributed by atoms with Gasteiger partial charge in [0, 0.05) is 14.2 Å². The predicted molar refractivity (Wildman–Crippen MR) is 160 cm³/mol. The van der Waals surface area contributed by atoms with Gasteiger partial charge in [-0.3, -0.25) is 9.59 Å². The number of rotatable bonds is 12. The topological polar surface area (TPSA) is 101 Å². The first-order chi connectivity index (χ1) is 19.0. The van der Waals surface area contributed by atoms with Crippen LogP contribution in [-0.2, 0) is 35.4 Å². The van der Waals surface area contributed by atoms with Crippen molar-refractivity contribution in [3.05, 3.63) is 80.4 Å². The van der Waals surface area contributed by atoms with Crippen molar-refractivity contribution in [2.75, 3.05) is 53.5 Å². The molecule has 40 heavy (non-hydrogen) atoms. The number of aromatic hydroxyl groups is 1. The van der Waals surface area contributed by atoms with E-state index in [1.165, 1.54) is 6.07 Å². The second-order valence-electron chi connectivity index (χ2n) is 6.51. The quantitative estimate of drug-likeness (QED) is 0.0679. The van der Waals surface area contributed by atoms with Crippen LogP contribution in [0.2, 0.25) is 0 Å². The van der Waals surface area contributed by atoms with Crippen molar-refractivity contribution in [2.45, 2.75) is 33.6 Å². The maximum absolute atomic E-state index is 10.6. The number of halogens is 1. The Kier molecular flexibility index (Phi) is 52.6. The van der Waals surface area contributed by atoms with Crippen molar-refractivity contribution in [3.63, 3.8) is 0 Å². The van der Waals surface area contributed by atoms with Gasteiger partial charge in [-0.15, -0.1) is 0 Å². The molecule has 10 heteroatoms. The Bertz CT molecular complexity index is 745. The van der Waals surface area contributed by atoms with Crippen LogP contribution >= 0.6 is 11.6 Å². The zero-order chi connectivity index (χ0) is 30.6. The van der Waals surface area contributed by atoms with Gasteiger partial charge in [-0.1, -0.05) is 49.7 Å². The van der Waals surface area contributed by atoms with E-state index in [2.05, 4.69) is 25.5 Å². The van der Waals surface area contributed by atoms with E-state index in [1.807, 2.05) is 13.8 Å². The Morgan fingerprint density at radius 2 is 1.20 bits per heavy atom.